The third-order valence-electron chi connectivity index (χ3n) is 5.47. The third-order valence-corrected chi connectivity index (χ3v) is 5.47. The van der Waals surface area contributed by atoms with Gasteiger partial charge in [0.25, 0.3) is 0 Å². The van der Waals surface area contributed by atoms with Crippen molar-refractivity contribution in [3.8, 4) is 11.3 Å². The highest BCUT2D eigenvalue weighted by Gasteiger charge is 2.16. The Kier molecular flexibility index (Phi) is 6.00. The van der Waals surface area contributed by atoms with Crippen LogP contribution < -0.4 is 9.80 Å². The summed E-state index contributed by atoms with van der Waals surface area (Å²) in [4.78, 5) is 9.82. The fraction of sp³-hybridized carbons (Fsp3) is 0.375. The van der Waals surface area contributed by atoms with Crippen LogP contribution in [0, 0.1) is 6.92 Å². The highest BCUT2D eigenvalue weighted by molar-refractivity contribution is 5.84. The zero-order valence-corrected chi connectivity index (χ0v) is 17.3. The van der Waals surface area contributed by atoms with Crippen LogP contribution in [0.5, 0.6) is 0 Å². The van der Waals surface area contributed by atoms with Crippen LogP contribution in [0.1, 0.15) is 33.3 Å². The Labute approximate surface area is 163 Å². The molecule has 0 aliphatic carbocycles. The van der Waals surface area contributed by atoms with E-state index in [1.54, 1.807) is 0 Å². The maximum atomic E-state index is 4.97. The minimum absolute atomic E-state index is 1.00. The van der Waals surface area contributed by atoms with E-state index in [1.807, 2.05) is 0 Å². The Morgan fingerprint density at radius 2 is 1.44 bits per heavy atom. The summed E-state index contributed by atoms with van der Waals surface area (Å²) >= 11 is 0. The Hall–Kier alpha value is -2.55. The Balaban J connectivity index is 2.22. The first-order valence-electron chi connectivity index (χ1n) is 10.1. The number of pyridine rings is 1. The lowest BCUT2D eigenvalue weighted by Crippen LogP contribution is -2.25. The molecule has 0 spiro atoms. The number of fused-ring (bicyclic) bond motifs is 1. The number of nitrogens with zero attached hydrogens (tertiary/aromatic N) is 3. The van der Waals surface area contributed by atoms with Crippen molar-refractivity contribution in [2.45, 2.75) is 34.6 Å². The minimum Gasteiger partial charge on any atom is -0.372 e. The molecule has 1 heterocycles. The summed E-state index contributed by atoms with van der Waals surface area (Å²) in [5.41, 5.74) is 7.22. The molecule has 3 nitrogen and oxygen atoms in total. The monoisotopic (exact) mass is 361 g/mol. The SMILES string of the molecule is CCN(CC)c1cc(-c2ccc3ccccc3n2)c(C)c(N(CC)CC)c1. The van der Waals surface area contributed by atoms with Gasteiger partial charge in [0.05, 0.1) is 11.2 Å². The van der Waals surface area contributed by atoms with Gasteiger partial charge in [-0.2, -0.15) is 0 Å². The van der Waals surface area contributed by atoms with Crippen molar-refractivity contribution in [1.82, 2.24) is 4.98 Å². The lowest BCUT2D eigenvalue weighted by atomic mass is 9.99. The summed E-state index contributed by atoms with van der Waals surface area (Å²) in [5, 5.41) is 1.18. The van der Waals surface area contributed by atoms with E-state index in [-0.39, 0.29) is 0 Å². The Morgan fingerprint density at radius 3 is 2.11 bits per heavy atom. The molecular formula is C24H31N3. The van der Waals surface area contributed by atoms with Gasteiger partial charge in [-0.05, 0) is 64.4 Å². The van der Waals surface area contributed by atoms with Crippen LogP contribution in [0.25, 0.3) is 22.2 Å². The normalized spacial score (nSPS) is 11.0. The molecule has 3 rings (SSSR count). The largest absolute Gasteiger partial charge is 0.372 e. The fourth-order valence-corrected chi connectivity index (χ4v) is 3.83. The van der Waals surface area contributed by atoms with Gasteiger partial charge in [0.1, 0.15) is 0 Å². The van der Waals surface area contributed by atoms with Gasteiger partial charge in [0.15, 0.2) is 0 Å². The number of benzene rings is 2. The van der Waals surface area contributed by atoms with Crippen molar-refractivity contribution in [2.24, 2.45) is 0 Å². The van der Waals surface area contributed by atoms with Crippen LogP contribution >= 0.6 is 0 Å². The second-order valence-electron chi connectivity index (χ2n) is 6.87. The molecule has 3 heteroatoms. The van der Waals surface area contributed by atoms with E-state index >= 15 is 0 Å². The van der Waals surface area contributed by atoms with Gasteiger partial charge in [-0.15, -0.1) is 0 Å². The maximum absolute atomic E-state index is 4.97. The summed E-state index contributed by atoms with van der Waals surface area (Å²) < 4.78 is 0. The summed E-state index contributed by atoms with van der Waals surface area (Å²) in [6.07, 6.45) is 0. The van der Waals surface area contributed by atoms with Crippen LogP contribution in [-0.4, -0.2) is 31.2 Å². The number of hydrogen-bond donors (Lipinski definition) is 0. The molecule has 2 aromatic carbocycles. The van der Waals surface area contributed by atoms with Gasteiger partial charge < -0.3 is 9.80 Å². The second kappa shape index (κ2) is 8.43. The zero-order valence-electron chi connectivity index (χ0n) is 17.3. The van der Waals surface area contributed by atoms with E-state index in [9.17, 15) is 0 Å². The molecule has 0 saturated heterocycles. The number of para-hydroxylation sites is 1. The van der Waals surface area contributed by atoms with E-state index in [1.165, 1.54) is 27.9 Å². The first-order chi connectivity index (χ1) is 13.1. The van der Waals surface area contributed by atoms with Crippen molar-refractivity contribution in [2.75, 3.05) is 36.0 Å². The van der Waals surface area contributed by atoms with E-state index in [2.05, 4.69) is 92.9 Å². The topological polar surface area (TPSA) is 19.4 Å². The van der Waals surface area contributed by atoms with Gasteiger partial charge in [0.2, 0.25) is 0 Å². The first-order valence-corrected chi connectivity index (χ1v) is 10.1. The fourth-order valence-electron chi connectivity index (χ4n) is 3.83. The molecule has 0 atom stereocenters. The van der Waals surface area contributed by atoms with E-state index < -0.39 is 0 Å². The molecule has 0 N–H and O–H groups in total. The summed E-state index contributed by atoms with van der Waals surface area (Å²) in [6, 6.07) is 17.3. The lowest BCUT2D eigenvalue weighted by molar-refractivity contribution is 0.849. The van der Waals surface area contributed by atoms with Crippen molar-refractivity contribution < 1.29 is 0 Å². The summed E-state index contributed by atoms with van der Waals surface area (Å²) in [6.45, 7) is 15.1. The molecule has 3 aromatic rings. The average Bonchev–Trinajstić information content (AvgIpc) is 2.71. The predicted molar refractivity (Wildman–Crippen MR) is 119 cm³/mol. The Bertz CT molecular complexity index is 909. The lowest BCUT2D eigenvalue weighted by Gasteiger charge is -2.29. The van der Waals surface area contributed by atoms with Gasteiger partial charge in [0, 0.05) is 48.5 Å². The molecule has 0 aliphatic rings. The summed E-state index contributed by atoms with van der Waals surface area (Å²) in [5.74, 6) is 0. The van der Waals surface area contributed by atoms with Gasteiger partial charge in [-0.3, -0.25) is 0 Å². The van der Waals surface area contributed by atoms with Crippen LogP contribution in [0.15, 0.2) is 48.5 Å². The molecule has 1 aromatic heterocycles. The Morgan fingerprint density at radius 1 is 0.778 bits per heavy atom. The van der Waals surface area contributed by atoms with Gasteiger partial charge >= 0.3 is 0 Å². The smallest absolute Gasteiger partial charge is 0.0713 e. The molecule has 0 radical (unpaired) electrons. The molecule has 0 unspecified atom stereocenters. The highest BCUT2D eigenvalue weighted by atomic mass is 15.1. The minimum atomic E-state index is 1.00. The van der Waals surface area contributed by atoms with Crippen LogP contribution in [0.3, 0.4) is 0 Å². The second-order valence-corrected chi connectivity index (χ2v) is 6.87. The van der Waals surface area contributed by atoms with Crippen LogP contribution in [0.2, 0.25) is 0 Å². The first kappa shape index (κ1) is 19.2. The van der Waals surface area contributed by atoms with Crippen molar-refractivity contribution in [1.29, 1.82) is 0 Å². The molecule has 0 bridgehead atoms. The van der Waals surface area contributed by atoms with Gasteiger partial charge in [-0.1, -0.05) is 24.3 Å². The average molecular weight is 362 g/mol. The molecule has 27 heavy (non-hydrogen) atoms. The third kappa shape index (κ3) is 3.78. The quantitative estimate of drug-likeness (QED) is 0.522. The molecule has 0 fully saturated rings. The number of aromatic nitrogens is 1. The van der Waals surface area contributed by atoms with E-state index in [0.717, 1.165) is 37.4 Å². The standard InChI is InChI=1S/C24H31N3/c1-6-26(7-2)20-16-21(18(5)24(17-20)27(8-3)9-4)23-15-14-19-12-10-11-13-22(19)25-23/h10-17H,6-9H2,1-5H3. The predicted octanol–water partition coefficient (Wildman–Crippen LogP) is 5.90. The molecule has 142 valence electrons. The molecule has 0 amide bonds. The van der Waals surface area contributed by atoms with Gasteiger partial charge in [-0.25, -0.2) is 4.98 Å². The van der Waals surface area contributed by atoms with E-state index in [0.29, 0.717) is 0 Å². The molecule has 0 saturated carbocycles. The molecule has 0 aliphatic heterocycles. The molecular weight excluding hydrogens is 330 g/mol. The number of anilines is 2. The maximum Gasteiger partial charge on any atom is 0.0713 e. The van der Waals surface area contributed by atoms with Crippen molar-refractivity contribution in [3.63, 3.8) is 0 Å². The van der Waals surface area contributed by atoms with Crippen molar-refractivity contribution >= 4 is 22.3 Å². The number of hydrogen-bond acceptors (Lipinski definition) is 3. The highest BCUT2D eigenvalue weighted by Crippen LogP contribution is 2.35. The summed E-state index contributed by atoms with van der Waals surface area (Å²) in [7, 11) is 0. The van der Waals surface area contributed by atoms with Crippen molar-refractivity contribution in [3.05, 3.63) is 54.1 Å². The zero-order chi connectivity index (χ0) is 19.4. The number of rotatable bonds is 7. The van der Waals surface area contributed by atoms with Crippen LogP contribution in [0.4, 0.5) is 11.4 Å². The van der Waals surface area contributed by atoms with E-state index in [4.69, 9.17) is 4.98 Å². The van der Waals surface area contributed by atoms with Crippen LogP contribution in [-0.2, 0) is 0 Å².